The lowest BCUT2D eigenvalue weighted by Crippen LogP contribution is -2.48. The maximum atomic E-state index is 12.6. The standard InChI is InChI=1S/C20H23N5O3S/c1-27-17-7-6-15(14-21-17)20(26)25-11-9-24(10-12-25)8-2-5-18-22-19(23-28-18)16-4-3-13-29-16/h3-4,6-7,13-14H,2,5,8-12H2,1H3. The lowest BCUT2D eigenvalue weighted by molar-refractivity contribution is 0.0635. The first-order valence-corrected chi connectivity index (χ1v) is 10.5. The van der Waals surface area contributed by atoms with Gasteiger partial charge in [-0.2, -0.15) is 4.98 Å². The molecule has 4 heterocycles. The van der Waals surface area contributed by atoms with Gasteiger partial charge in [0, 0.05) is 44.9 Å². The Balaban J connectivity index is 1.20. The molecule has 9 heteroatoms. The Bertz CT molecular complexity index is 918. The fraction of sp³-hybridized carbons (Fsp3) is 0.400. The van der Waals surface area contributed by atoms with Gasteiger partial charge in [-0.3, -0.25) is 9.69 Å². The van der Waals surface area contributed by atoms with Gasteiger partial charge in [0.15, 0.2) is 0 Å². The van der Waals surface area contributed by atoms with Gasteiger partial charge in [0.25, 0.3) is 5.91 Å². The second-order valence-electron chi connectivity index (χ2n) is 6.82. The molecule has 152 valence electrons. The number of hydrogen-bond donors (Lipinski definition) is 0. The zero-order valence-corrected chi connectivity index (χ0v) is 17.1. The van der Waals surface area contributed by atoms with Crippen LogP contribution in [0.25, 0.3) is 10.7 Å². The van der Waals surface area contributed by atoms with Crippen LogP contribution >= 0.6 is 11.3 Å². The number of piperazine rings is 1. The molecule has 0 radical (unpaired) electrons. The third-order valence-electron chi connectivity index (χ3n) is 4.93. The van der Waals surface area contributed by atoms with E-state index in [9.17, 15) is 4.79 Å². The maximum Gasteiger partial charge on any atom is 0.255 e. The second kappa shape index (κ2) is 9.15. The summed E-state index contributed by atoms with van der Waals surface area (Å²) >= 11 is 1.60. The quantitative estimate of drug-likeness (QED) is 0.589. The Morgan fingerprint density at radius 2 is 2.10 bits per heavy atom. The van der Waals surface area contributed by atoms with Crippen molar-refractivity contribution >= 4 is 17.2 Å². The Morgan fingerprint density at radius 3 is 2.79 bits per heavy atom. The average Bonchev–Trinajstić information content (AvgIpc) is 3.46. The van der Waals surface area contributed by atoms with Crippen molar-refractivity contribution in [1.82, 2.24) is 24.9 Å². The molecule has 1 saturated heterocycles. The minimum absolute atomic E-state index is 0.0202. The summed E-state index contributed by atoms with van der Waals surface area (Å²) in [5, 5.41) is 6.05. The highest BCUT2D eigenvalue weighted by molar-refractivity contribution is 7.13. The molecule has 0 aromatic carbocycles. The predicted octanol–water partition coefficient (Wildman–Crippen LogP) is 2.59. The molecule has 4 rings (SSSR count). The highest BCUT2D eigenvalue weighted by Gasteiger charge is 2.22. The summed E-state index contributed by atoms with van der Waals surface area (Å²) in [5.41, 5.74) is 0.595. The predicted molar refractivity (Wildman–Crippen MR) is 109 cm³/mol. The maximum absolute atomic E-state index is 12.6. The molecule has 1 fully saturated rings. The Labute approximate surface area is 173 Å². The van der Waals surface area contributed by atoms with Crippen LogP contribution in [0.1, 0.15) is 22.7 Å². The monoisotopic (exact) mass is 413 g/mol. The van der Waals surface area contributed by atoms with E-state index < -0.39 is 0 Å². The number of pyridine rings is 1. The third kappa shape index (κ3) is 4.80. The Kier molecular flexibility index (Phi) is 6.16. The van der Waals surface area contributed by atoms with Gasteiger partial charge in [-0.05, 0) is 30.5 Å². The molecular weight excluding hydrogens is 390 g/mol. The van der Waals surface area contributed by atoms with E-state index in [-0.39, 0.29) is 5.91 Å². The van der Waals surface area contributed by atoms with E-state index in [0.29, 0.717) is 36.2 Å². The van der Waals surface area contributed by atoms with E-state index in [4.69, 9.17) is 9.26 Å². The molecule has 8 nitrogen and oxygen atoms in total. The molecule has 0 aliphatic carbocycles. The molecule has 1 amide bonds. The van der Waals surface area contributed by atoms with Crippen molar-refractivity contribution in [3.05, 3.63) is 47.3 Å². The number of nitrogens with zero attached hydrogens (tertiary/aromatic N) is 5. The average molecular weight is 414 g/mol. The van der Waals surface area contributed by atoms with Gasteiger partial charge in [-0.1, -0.05) is 11.2 Å². The largest absolute Gasteiger partial charge is 0.481 e. The highest BCUT2D eigenvalue weighted by Crippen LogP contribution is 2.21. The van der Waals surface area contributed by atoms with E-state index >= 15 is 0 Å². The lowest BCUT2D eigenvalue weighted by atomic mass is 10.2. The van der Waals surface area contributed by atoms with Gasteiger partial charge < -0.3 is 14.2 Å². The van der Waals surface area contributed by atoms with Crippen LogP contribution in [0.4, 0.5) is 0 Å². The summed E-state index contributed by atoms with van der Waals surface area (Å²) in [5.74, 6) is 1.87. The number of carbonyl (C=O) groups is 1. The molecule has 3 aromatic rings. The van der Waals surface area contributed by atoms with Gasteiger partial charge in [-0.25, -0.2) is 4.98 Å². The Morgan fingerprint density at radius 1 is 1.24 bits per heavy atom. The number of hydrogen-bond acceptors (Lipinski definition) is 8. The fourth-order valence-electron chi connectivity index (χ4n) is 3.30. The third-order valence-corrected chi connectivity index (χ3v) is 5.79. The van der Waals surface area contributed by atoms with E-state index in [1.54, 1.807) is 36.8 Å². The van der Waals surface area contributed by atoms with Crippen LogP contribution < -0.4 is 4.74 Å². The van der Waals surface area contributed by atoms with Crippen LogP contribution in [-0.2, 0) is 6.42 Å². The molecule has 29 heavy (non-hydrogen) atoms. The Hall–Kier alpha value is -2.78. The summed E-state index contributed by atoms with van der Waals surface area (Å²) in [6.07, 6.45) is 3.28. The number of methoxy groups -OCH3 is 1. The van der Waals surface area contributed by atoms with Gasteiger partial charge in [0.05, 0.1) is 17.6 Å². The van der Waals surface area contributed by atoms with Crippen molar-refractivity contribution in [2.45, 2.75) is 12.8 Å². The van der Waals surface area contributed by atoms with E-state index in [1.807, 2.05) is 22.4 Å². The first-order chi connectivity index (χ1) is 14.2. The number of thiophene rings is 1. The van der Waals surface area contributed by atoms with Crippen molar-refractivity contribution in [3.63, 3.8) is 0 Å². The number of carbonyl (C=O) groups excluding carboxylic acids is 1. The molecule has 0 bridgehead atoms. The number of aromatic nitrogens is 3. The van der Waals surface area contributed by atoms with E-state index in [0.717, 1.165) is 37.4 Å². The van der Waals surface area contributed by atoms with Crippen LogP contribution in [0.15, 0.2) is 40.4 Å². The van der Waals surface area contributed by atoms with Crippen molar-refractivity contribution in [1.29, 1.82) is 0 Å². The molecule has 1 aliphatic heterocycles. The topological polar surface area (TPSA) is 84.6 Å². The summed E-state index contributed by atoms with van der Waals surface area (Å²) in [7, 11) is 1.56. The summed E-state index contributed by atoms with van der Waals surface area (Å²) < 4.78 is 10.4. The number of aryl methyl sites for hydroxylation is 1. The number of amides is 1. The van der Waals surface area contributed by atoms with Crippen LogP contribution in [0, 0.1) is 0 Å². The van der Waals surface area contributed by atoms with E-state index in [2.05, 4.69) is 20.0 Å². The second-order valence-corrected chi connectivity index (χ2v) is 7.76. The van der Waals surface area contributed by atoms with Crippen molar-refractivity contribution in [2.24, 2.45) is 0 Å². The molecule has 3 aromatic heterocycles. The van der Waals surface area contributed by atoms with E-state index in [1.165, 1.54) is 0 Å². The van der Waals surface area contributed by atoms with Crippen LogP contribution in [0.3, 0.4) is 0 Å². The zero-order valence-electron chi connectivity index (χ0n) is 16.3. The first-order valence-electron chi connectivity index (χ1n) is 9.61. The molecule has 1 aliphatic rings. The van der Waals surface area contributed by atoms with Crippen LogP contribution in [0.5, 0.6) is 5.88 Å². The van der Waals surface area contributed by atoms with Gasteiger partial charge >= 0.3 is 0 Å². The fourth-order valence-corrected chi connectivity index (χ4v) is 3.95. The smallest absolute Gasteiger partial charge is 0.255 e. The van der Waals surface area contributed by atoms with Gasteiger partial charge in [0.2, 0.25) is 17.6 Å². The van der Waals surface area contributed by atoms with Crippen molar-refractivity contribution in [2.75, 3.05) is 39.8 Å². The molecule has 0 spiro atoms. The normalized spacial score (nSPS) is 14.9. The summed E-state index contributed by atoms with van der Waals surface area (Å²) in [6.45, 7) is 4.10. The lowest BCUT2D eigenvalue weighted by Gasteiger charge is -2.34. The molecule has 0 unspecified atom stereocenters. The minimum Gasteiger partial charge on any atom is -0.481 e. The number of rotatable bonds is 7. The summed E-state index contributed by atoms with van der Waals surface area (Å²) in [6, 6.07) is 7.44. The van der Waals surface area contributed by atoms with Gasteiger partial charge in [0.1, 0.15) is 0 Å². The highest BCUT2D eigenvalue weighted by atomic mass is 32.1. The SMILES string of the molecule is COc1ccc(C(=O)N2CCN(CCCc3nc(-c4cccs4)no3)CC2)cn1. The van der Waals surface area contributed by atoms with Crippen LogP contribution in [0.2, 0.25) is 0 Å². The molecule has 0 saturated carbocycles. The van der Waals surface area contributed by atoms with Crippen LogP contribution in [-0.4, -0.2) is 70.7 Å². The minimum atomic E-state index is 0.0202. The molecule has 0 N–H and O–H groups in total. The summed E-state index contributed by atoms with van der Waals surface area (Å²) in [4.78, 5) is 26.5. The molecule has 0 atom stereocenters. The van der Waals surface area contributed by atoms with Crippen molar-refractivity contribution < 1.29 is 14.1 Å². The molecular formula is C20H23N5O3S. The zero-order chi connectivity index (χ0) is 20.1. The van der Waals surface area contributed by atoms with Gasteiger partial charge in [-0.15, -0.1) is 11.3 Å². The number of ether oxygens (including phenoxy) is 1. The van der Waals surface area contributed by atoms with Crippen molar-refractivity contribution in [3.8, 4) is 16.6 Å². The first kappa shape index (κ1) is 19.5.